The van der Waals surface area contributed by atoms with Crippen LogP contribution in [0.2, 0.25) is 0 Å². The molecule has 0 aliphatic heterocycles. The summed E-state index contributed by atoms with van der Waals surface area (Å²) in [6, 6.07) is 18.9. The number of aliphatic carboxylic acids is 1. The maximum Gasteiger partial charge on any atom is 0.307 e. The molecule has 0 aliphatic carbocycles. The molecule has 0 radical (unpaired) electrons. The fraction of sp³-hybridized carbons (Fsp3) is 0.276. The van der Waals surface area contributed by atoms with E-state index in [1.807, 2.05) is 6.07 Å². The van der Waals surface area contributed by atoms with E-state index in [0.717, 1.165) is 5.56 Å². The van der Waals surface area contributed by atoms with Crippen LogP contribution >= 0.6 is 11.8 Å². The molecule has 0 spiro atoms. The lowest BCUT2D eigenvalue weighted by atomic mass is 10.1. The van der Waals surface area contributed by atoms with Crippen molar-refractivity contribution in [1.82, 2.24) is 5.32 Å². The Balaban J connectivity index is 1.85. The van der Waals surface area contributed by atoms with Crippen LogP contribution in [0, 0.1) is 0 Å². The van der Waals surface area contributed by atoms with Crippen LogP contribution in [0.25, 0.3) is 0 Å². The number of carbonyl (C=O) groups is 3. The van der Waals surface area contributed by atoms with Crippen LogP contribution in [0.3, 0.4) is 0 Å². The van der Waals surface area contributed by atoms with Crippen LogP contribution < -0.4 is 14.8 Å². The van der Waals surface area contributed by atoms with Crippen molar-refractivity contribution in [3.05, 3.63) is 89.0 Å². The molecule has 0 fully saturated rings. The highest BCUT2D eigenvalue weighted by Gasteiger charge is 2.18. The average molecular weight is 522 g/mol. The number of carboxylic acids is 1. The zero-order valence-corrected chi connectivity index (χ0v) is 22.2. The second-order valence-electron chi connectivity index (χ2n) is 9.35. The van der Waals surface area contributed by atoms with Gasteiger partial charge in [0.2, 0.25) is 0 Å². The number of hydrogen-bond donors (Lipinski definition) is 2. The van der Waals surface area contributed by atoms with Crippen LogP contribution in [0.5, 0.6) is 17.2 Å². The molecule has 0 aliphatic rings. The van der Waals surface area contributed by atoms with Gasteiger partial charge < -0.3 is 19.9 Å². The highest BCUT2D eigenvalue weighted by atomic mass is 32.2. The summed E-state index contributed by atoms with van der Waals surface area (Å²) < 4.78 is 11.6. The molecular weight excluding hydrogens is 490 g/mol. The molecule has 3 aromatic rings. The number of ketones is 1. The summed E-state index contributed by atoms with van der Waals surface area (Å²) in [7, 11) is 1.51. The molecule has 7 nitrogen and oxygen atoms in total. The number of carboxylic acid groups (broad SMARTS) is 1. The first-order chi connectivity index (χ1) is 17.6. The van der Waals surface area contributed by atoms with Gasteiger partial charge >= 0.3 is 5.97 Å². The molecule has 3 rings (SSSR count). The number of rotatable bonds is 11. The number of benzene rings is 3. The summed E-state index contributed by atoms with van der Waals surface area (Å²) in [4.78, 5) is 36.4. The summed E-state index contributed by atoms with van der Waals surface area (Å²) in [6.07, 6.45) is -0.145. The van der Waals surface area contributed by atoms with Crippen LogP contribution in [0.1, 0.15) is 52.6 Å². The predicted octanol–water partition coefficient (Wildman–Crippen LogP) is 5.76. The van der Waals surface area contributed by atoms with Gasteiger partial charge in [0.25, 0.3) is 5.91 Å². The minimum atomic E-state index is -0.945. The van der Waals surface area contributed by atoms with Crippen molar-refractivity contribution in [2.45, 2.75) is 37.7 Å². The van der Waals surface area contributed by atoms with Crippen molar-refractivity contribution < 1.29 is 29.0 Å². The monoisotopic (exact) mass is 521 g/mol. The Morgan fingerprint density at radius 2 is 1.59 bits per heavy atom. The second kappa shape index (κ2) is 12.5. The number of thioether (sulfide) groups is 1. The molecule has 0 saturated carbocycles. The third kappa shape index (κ3) is 8.39. The molecule has 0 bridgehead atoms. The fourth-order valence-corrected chi connectivity index (χ4v) is 4.23. The molecule has 0 atom stereocenters. The molecule has 194 valence electrons. The van der Waals surface area contributed by atoms with Gasteiger partial charge in [-0.3, -0.25) is 14.4 Å². The van der Waals surface area contributed by atoms with Crippen LogP contribution in [-0.2, 0) is 17.0 Å². The zero-order valence-electron chi connectivity index (χ0n) is 21.4. The standard InChI is InChI=1S/C29H31NO6S/c1-29(2,3)37-18-22-16-21(28(34)30-17-23(31)20-8-6-5-7-9-20)11-13-24(22)36-26-14-19(15-27(32)33)10-12-25(26)35-4/h5-14,16H,15,17-18H2,1-4H3,(H,30,34)(H,32,33). The largest absolute Gasteiger partial charge is 0.493 e. The summed E-state index contributed by atoms with van der Waals surface area (Å²) in [6.45, 7) is 6.19. The summed E-state index contributed by atoms with van der Waals surface area (Å²) >= 11 is 1.69. The molecule has 1 amide bonds. The van der Waals surface area contributed by atoms with Gasteiger partial charge in [0.05, 0.1) is 20.1 Å². The summed E-state index contributed by atoms with van der Waals surface area (Å²) in [5.41, 5.74) is 2.30. The third-order valence-electron chi connectivity index (χ3n) is 5.29. The van der Waals surface area contributed by atoms with E-state index in [4.69, 9.17) is 14.6 Å². The van der Waals surface area contributed by atoms with E-state index in [0.29, 0.717) is 39.7 Å². The van der Waals surface area contributed by atoms with E-state index in [1.54, 1.807) is 72.4 Å². The zero-order chi connectivity index (χ0) is 27.0. The van der Waals surface area contributed by atoms with Crippen molar-refractivity contribution in [1.29, 1.82) is 0 Å². The first-order valence-electron chi connectivity index (χ1n) is 11.8. The van der Waals surface area contributed by atoms with Gasteiger partial charge in [0.15, 0.2) is 17.3 Å². The van der Waals surface area contributed by atoms with E-state index in [-0.39, 0.29) is 29.4 Å². The van der Waals surface area contributed by atoms with Gasteiger partial charge in [-0.2, -0.15) is 11.8 Å². The SMILES string of the molecule is COc1ccc(CC(=O)O)cc1Oc1ccc(C(=O)NCC(=O)c2ccccc2)cc1CSC(C)(C)C. The maximum absolute atomic E-state index is 12.9. The van der Waals surface area contributed by atoms with Gasteiger partial charge in [0, 0.05) is 27.2 Å². The lowest BCUT2D eigenvalue weighted by Crippen LogP contribution is -2.29. The highest BCUT2D eigenvalue weighted by Crippen LogP contribution is 2.37. The van der Waals surface area contributed by atoms with Crippen molar-refractivity contribution >= 4 is 29.4 Å². The third-order valence-corrected chi connectivity index (χ3v) is 6.61. The Bertz CT molecular complexity index is 1270. The Kier molecular flexibility index (Phi) is 9.36. The number of amides is 1. The number of ether oxygens (including phenoxy) is 2. The molecule has 0 saturated heterocycles. The number of hydrogen-bond acceptors (Lipinski definition) is 6. The summed E-state index contributed by atoms with van der Waals surface area (Å²) in [5.74, 6) is 0.460. The van der Waals surface area contributed by atoms with Gasteiger partial charge in [-0.25, -0.2) is 0 Å². The van der Waals surface area contributed by atoms with Crippen LogP contribution in [-0.4, -0.2) is 41.2 Å². The maximum atomic E-state index is 12.9. The molecule has 3 aromatic carbocycles. The number of nitrogens with one attached hydrogen (secondary N) is 1. The highest BCUT2D eigenvalue weighted by molar-refractivity contribution is 7.99. The quantitative estimate of drug-likeness (QED) is 0.309. The molecule has 2 N–H and O–H groups in total. The van der Waals surface area contributed by atoms with Crippen molar-refractivity contribution in [2.75, 3.05) is 13.7 Å². The minimum absolute atomic E-state index is 0.0310. The smallest absolute Gasteiger partial charge is 0.307 e. The first-order valence-corrected chi connectivity index (χ1v) is 12.7. The number of methoxy groups -OCH3 is 1. The predicted molar refractivity (Wildman–Crippen MR) is 145 cm³/mol. The van der Waals surface area contributed by atoms with Gasteiger partial charge in [-0.05, 0) is 35.9 Å². The Morgan fingerprint density at radius 1 is 0.892 bits per heavy atom. The van der Waals surface area contributed by atoms with E-state index >= 15 is 0 Å². The molecule has 0 unspecified atom stereocenters. The second-order valence-corrected chi connectivity index (χ2v) is 11.2. The molecule has 0 heterocycles. The summed E-state index contributed by atoms with van der Waals surface area (Å²) in [5, 5.41) is 11.9. The van der Waals surface area contributed by atoms with E-state index in [2.05, 4.69) is 26.1 Å². The molecular formula is C29H31NO6S. The normalized spacial score (nSPS) is 11.0. The Labute approximate surface area is 221 Å². The minimum Gasteiger partial charge on any atom is -0.493 e. The fourth-order valence-electron chi connectivity index (χ4n) is 3.42. The van der Waals surface area contributed by atoms with Crippen LogP contribution in [0.15, 0.2) is 66.7 Å². The van der Waals surface area contributed by atoms with Gasteiger partial charge in [-0.1, -0.05) is 57.2 Å². The molecule has 0 aromatic heterocycles. The number of carbonyl (C=O) groups excluding carboxylic acids is 2. The van der Waals surface area contributed by atoms with Crippen molar-refractivity contribution in [3.8, 4) is 17.2 Å². The van der Waals surface area contributed by atoms with E-state index < -0.39 is 5.97 Å². The molecule has 37 heavy (non-hydrogen) atoms. The van der Waals surface area contributed by atoms with Gasteiger partial charge in [0.1, 0.15) is 5.75 Å². The average Bonchev–Trinajstić information content (AvgIpc) is 2.86. The van der Waals surface area contributed by atoms with Gasteiger partial charge in [-0.15, -0.1) is 0 Å². The Morgan fingerprint density at radius 3 is 2.24 bits per heavy atom. The van der Waals surface area contributed by atoms with Crippen LogP contribution in [0.4, 0.5) is 0 Å². The first kappa shape index (κ1) is 27.8. The van der Waals surface area contributed by atoms with Crippen molar-refractivity contribution in [2.24, 2.45) is 0 Å². The Hall–Kier alpha value is -3.78. The van der Waals surface area contributed by atoms with E-state index in [1.165, 1.54) is 7.11 Å². The van der Waals surface area contributed by atoms with E-state index in [9.17, 15) is 14.4 Å². The van der Waals surface area contributed by atoms with Crippen molar-refractivity contribution in [3.63, 3.8) is 0 Å². The lowest BCUT2D eigenvalue weighted by molar-refractivity contribution is -0.136. The topological polar surface area (TPSA) is 102 Å². The number of Topliss-reactive ketones (excluding diaryl/α,β-unsaturated/α-hetero) is 1. The lowest BCUT2D eigenvalue weighted by Gasteiger charge is -2.20. The molecule has 8 heteroatoms.